The number of aryl methyl sites for hydroxylation is 1. The largest absolute Gasteiger partial charge is 0.512 e. The van der Waals surface area contributed by atoms with Crippen molar-refractivity contribution in [1.29, 1.82) is 0 Å². The predicted octanol–water partition coefficient (Wildman–Crippen LogP) is 7.98. The summed E-state index contributed by atoms with van der Waals surface area (Å²) in [4.78, 5) is 19.8. The topological polar surface area (TPSA) is 76.7 Å². The van der Waals surface area contributed by atoms with Gasteiger partial charge < -0.3 is 15.4 Å². The molecule has 6 heteroatoms. The Balaban J connectivity index is 0.000000338. The molecule has 1 aliphatic rings. The number of aliphatic hydroxyl groups excluding tert-OH is 1. The summed E-state index contributed by atoms with van der Waals surface area (Å²) >= 11 is 0. The molecule has 181 valence electrons. The van der Waals surface area contributed by atoms with Crippen molar-refractivity contribution in [3.8, 4) is 0 Å². The number of aliphatic hydroxyl groups is 1. The van der Waals surface area contributed by atoms with Crippen LogP contribution in [0.4, 0.5) is 11.4 Å². The van der Waals surface area contributed by atoms with Crippen molar-refractivity contribution < 1.29 is 30.0 Å². The summed E-state index contributed by atoms with van der Waals surface area (Å²) in [6.07, 6.45) is 1.17. The number of hydrogen-bond donors (Lipinski definition) is 1. The summed E-state index contributed by atoms with van der Waals surface area (Å²) in [5.41, 5.74) is 4.80. The summed E-state index contributed by atoms with van der Waals surface area (Å²) in [6.45, 7) is 4.93. The van der Waals surface area contributed by atoms with Gasteiger partial charge in [0.15, 0.2) is 5.78 Å². The van der Waals surface area contributed by atoms with E-state index in [0.29, 0.717) is 5.84 Å². The Labute approximate surface area is 222 Å². The van der Waals surface area contributed by atoms with Crippen LogP contribution in [0.1, 0.15) is 25.1 Å². The molecule has 1 radical (unpaired) electrons. The molecule has 0 aliphatic carbocycles. The number of hydrogen-bond acceptors (Lipinski definition) is 4. The van der Waals surface area contributed by atoms with Crippen LogP contribution in [0, 0.1) is 6.92 Å². The van der Waals surface area contributed by atoms with E-state index in [9.17, 15) is 4.79 Å². The molecule has 0 bridgehead atoms. The minimum atomic E-state index is -0.125. The SMILES string of the molecule is CC(=O)/C=C(/C)O.Cc1cc2cc3ccccc3cc2nc1C1=Nc2cccc3cccc(c23)[N-]1.[Ir]. The molecule has 0 unspecified atom stereocenters. The summed E-state index contributed by atoms with van der Waals surface area (Å²) in [5.74, 6) is 0.617. The molecular weight excluding hydrogens is 627 g/mol. The molecule has 0 fully saturated rings. The van der Waals surface area contributed by atoms with E-state index in [4.69, 9.17) is 20.4 Å². The number of benzene rings is 4. The van der Waals surface area contributed by atoms with E-state index in [0.717, 1.165) is 44.3 Å². The van der Waals surface area contributed by atoms with Crippen molar-refractivity contribution in [2.75, 3.05) is 0 Å². The third-order valence-electron chi connectivity index (χ3n) is 5.81. The van der Waals surface area contributed by atoms with Crippen LogP contribution in [0.15, 0.2) is 95.7 Å². The number of fused-ring (bicyclic) bond motifs is 2. The zero-order chi connectivity index (χ0) is 24.5. The zero-order valence-electron chi connectivity index (χ0n) is 20.1. The molecule has 36 heavy (non-hydrogen) atoms. The smallest absolute Gasteiger partial charge is 0.155 e. The third-order valence-corrected chi connectivity index (χ3v) is 5.81. The van der Waals surface area contributed by atoms with Gasteiger partial charge in [0.05, 0.1) is 17.0 Å². The van der Waals surface area contributed by atoms with Gasteiger partial charge in [-0.15, -0.1) is 0 Å². The maximum atomic E-state index is 10.0. The van der Waals surface area contributed by atoms with Crippen molar-refractivity contribution in [2.24, 2.45) is 4.99 Å². The fraction of sp³-hybridized carbons (Fsp3) is 0.100. The van der Waals surface area contributed by atoms with Crippen molar-refractivity contribution in [2.45, 2.75) is 20.8 Å². The van der Waals surface area contributed by atoms with E-state index < -0.39 is 0 Å². The maximum Gasteiger partial charge on any atom is 0.155 e. The molecule has 4 aromatic carbocycles. The Hall–Kier alpha value is -3.86. The van der Waals surface area contributed by atoms with Crippen molar-refractivity contribution in [3.63, 3.8) is 0 Å². The number of allylic oxidation sites excluding steroid dienone is 2. The average molecular weight is 651 g/mol. The van der Waals surface area contributed by atoms with Gasteiger partial charge in [-0.2, -0.15) is 0 Å². The van der Waals surface area contributed by atoms with E-state index >= 15 is 0 Å². The van der Waals surface area contributed by atoms with Crippen LogP contribution in [0.5, 0.6) is 0 Å². The normalized spacial score (nSPS) is 12.3. The molecule has 0 spiro atoms. The number of nitrogens with zero attached hydrogens (tertiary/aromatic N) is 3. The van der Waals surface area contributed by atoms with Gasteiger partial charge >= 0.3 is 0 Å². The molecule has 0 saturated carbocycles. The number of aliphatic imine (C=N–C) groups is 1. The van der Waals surface area contributed by atoms with Gasteiger partial charge in [0.2, 0.25) is 0 Å². The summed E-state index contributed by atoms with van der Waals surface area (Å²) in [5, 5.41) is 19.0. The van der Waals surface area contributed by atoms with E-state index in [2.05, 4.69) is 61.5 Å². The molecule has 6 rings (SSSR count). The monoisotopic (exact) mass is 651 g/mol. The summed E-state index contributed by atoms with van der Waals surface area (Å²) < 4.78 is 0. The number of carbonyl (C=O) groups is 1. The fourth-order valence-electron chi connectivity index (χ4n) is 4.34. The van der Waals surface area contributed by atoms with Crippen LogP contribution in [0.25, 0.3) is 37.8 Å². The first-order valence-electron chi connectivity index (χ1n) is 11.4. The number of pyridine rings is 1. The van der Waals surface area contributed by atoms with Crippen LogP contribution >= 0.6 is 0 Å². The Kier molecular flexibility index (Phi) is 7.29. The van der Waals surface area contributed by atoms with E-state index in [1.54, 1.807) is 0 Å². The average Bonchev–Trinajstić information content (AvgIpc) is 2.82. The van der Waals surface area contributed by atoms with Gasteiger partial charge in [-0.25, -0.2) is 4.98 Å². The van der Waals surface area contributed by atoms with Gasteiger partial charge in [0, 0.05) is 31.6 Å². The van der Waals surface area contributed by atoms with Crippen molar-refractivity contribution in [1.82, 2.24) is 4.98 Å². The van der Waals surface area contributed by atoms with Crippen LogP contribution < -0.4 is 0 Å². The first-order chi connectivity index (χ1) is 16.9. The second kappa shape index (κ2) is 10.4. The van der Waals surface area contributed by atoms with Crippen molar-refractivity contribution >= 4 is 55.4 Å². The van der Waals surface area contributed by atoms with Gasteiger partial charge in [-0.05, 0) is 83.3 Å². The quantitative estimate of drug-likeness (QED) is 0.120. The fourth-order valence-corrected chi connectivity index (χ4v) is 4.34. The molecule has 0 saturated heterocycles. The van der Waals surface area contributed by atoms with Crippen LogP contribution in [0.2, 0.25) is 0 Å². The predicted molar refractivity (Wildman–Crippen MR) is 144 cm³/mol. The molecule has 0 atom stereocenters. The zero-order valence-corrected chi connectivity index (χ0v) is 22.5. The van der Waals surface area contributed by atoms with E-state index in [-0.39, 0.29) is 31.6 Å². The molecule has 1 N–H and O–H groups in total. The maximum absolute atomic E-state index is 10.0. The summed E-state index contributed by atoms with van der Waals surface area (Å²) in [6, 6.07) is 27.3. The van der Waals surface area contributed by atoms with Gasteiger partial charge in [0.1, 0.15) is 0 Å². The molecule has 1 aromatic heterocycles. The first-order valence-corrected chi connectivity index (χ1v) is 11.4. The Morgan fingerprint density at radius 1 is 0.861 bits per heavy atom. The Morgan fingerprint density at radius 2 is 1.53 bits per heavy atom. The summed E-state index contributed by atoms with van der Waals surface area (Å²) in [7, 11) is 0. The standard InChI is InChI=1S/C25H16N3.C5H8O2.Ir/c1-15-12-19-13-17-6-2-3-7-18(17)14-22(19)26-24(15)25-27-20-10-4-8-16-9-5-11-21(28-25)23(16)20;1-4(6)3-5(2)7;/h2-14H,1H3;3,6H,1-2H3;/q-1;;/b;4-3-;. The molecule has 0 amide bonds. The molecule has 5 aromatic rings. The second-order valence-corrected chi connectivity index (χ2v) is 8.64. The number of rotatable bonds is 2. The van der Waals surface area contributed by atoms with E-state index in [1.165, 1.54) is 30.7 Å². The third kappa shape index (κ3) is 5.06. The Bertz CT molecular complexity index is 1680. The van der Waals surface area contributed by atoms with Crippen LogP contribution in [-0.2, 0) is 24.9 Å². The van der Waals surface area contributed by atoms with Gasteiger partial charge in [0.25, 0.3) is 0 Å². The number of amidine groups is 1. The van der Waals surface area contributed by atoms with Crippen LogP contribution in [0.3, 0.4) is 0 Å². The van der Waals surface area contributed by atoms with Gasteiger partial charge in [-0.3, -0.25) is 4.79 Å². The number of ketones is 1. The number of carbonyl (C=O) groups excluding carboxylic acids is 1. The van der Waals surface area contributed by atoms with Gasteiger partial charge in [-0.1, -0.05) is 60.7 Å². The molecule has 5 nitrogen and oxygen atoms in total. The van der Waals surface area contributed by atoms with E-state index in [1.807, 2.05) is 24.3 Å². The Morgan fingerprint density at radius 3 is 2.19 bits per heavy atom. The molecule has 2 heterocycles. The van der Waals surface area contributed by atoms with Crippen molar-refractivity contribution in [3.05, 3.63) is 107 Å². The molecule has 1 aliphatic heterocycles. The minimum absolute atomic E-state index is 0. The van der Waals surface area contributed by atoms with Crippen LogP contribution in [-0.4, -0.2) is 21.7 Å². The second-order valence-electron chi connectivity index (χ2n) is 8.64. The number of aromatic nitrogens is 1. The molecular formula is C30H24IrN3O2-. The minimum Gasteiger partial charge on any atom is -0.512 e. The first kappa shape index (κ1) is 25.2.